The first-order chi connectivity index (χ1) is 13.1. The first-order valence-electron chi connectivity index (χ1n) is 9.38. The van der Waals surface area contributed by atoms with Gasteiger partial charge in [-0.05, 0) is 30.2 Å². The van der Waals surface area contributed by atoms with Gasteiger partial charge in [-0.15, -0.1) is 0 Å². The quantitative estimate of drug-likeness (QED) is 0.803. The van der Waals surface area contributed by atoms with Crippen molar-refractivity contribution >= 4 is 11.9 Å². The molecule has 0 aliphatic carbocycles. The van der Waals surface area contributed by atoms with E-state index in [0.717, 1.165) is 44.2 Å². The van der Waals surface area contributed by atoms with E-state index in [4.69, 9.17) is 0 Å². The van der Waals surface area contributed by atoms with Crippen molar-refractivity contribution in [1.29, 1.82) is 0 Å². The average molecular weight is 371 g/mol. The van der Waals surface area contributed by atoms with Crippen LogP contribution in [0.15, 0.2) is 42.7 Å². The number of halogens is 1. The first kappa shape index (κ1) is 19.2. The minimum absolute atomic E-state index is 0.00980. The summed E-state index contributed by atoms with van der Waals surface area (Å²) < 4.78 is 13.2. The van der Waals surface area contributed by atoms with Crippen molar-refractivity contribution in [1.82, 2.24) is 20.2 Å². The van der Waals surface area contributed by atoms with Crippen LogP contribution in [-0.4, -0.2) is 60.0 Å². The SMILES string of the molecule is CC(Cc1cccc(F)c1)C(=O)NCCN1CCN(c2ncccn2)CC1. The third kappa shape index (κ3) is 5.72. The van der Waals surface area contributed by atoms with Crippen LogP contribution in [0.5, 0.6) is 0 Å². The molecule has 1 unspecified atom stereocenters. The molecule has 27 heavy (non-hydrogen) atoms. The Labute approximate surface area is 159 Å². The molecule has 1 aliphatic heterocycles. The lowest BCUT2D eigenvalue weighted by Gasteiger charge is -2.34. The van der Waals surface area contributed by atoms with Crippen molar-refractivity contribution in [3.05, 3.63) is 54.1 Å². The van der Waals surface area contributed by atoms with Gasteiger partial charge in [-0.1, -0.05) is 19.1 Å². The third-order valence-corrected chi connectivity index (χ3v) is 4.81. The topological polar surface area (TPSA) is 61.4 Å². The number of carbonyl (C=O) groups is 1. The lowest BCUT2D eigenvalue weighted by molar-refractivity contribution is -0.124. The zero-order chi connectivity index (χ0) is 19.1. The number of amides is 1. The van der Waals surface area contributed by atoms with Crippen LogP contribution in [-0.2, 0) is 11.2 Å². The Kier molecular flexibility index (Phi) is 6.70. The molecule has 144 valence electrons. The Morgan fingerprint density at radius 1 is 1.19 bits per heavy atom. The van der Waals surface area contributed by atoms with Gasteiger partial charge in [0.2, 0.25) is 11.9 Å². The maximum Gasteiger partial charge on any atom is 0.225 e. The second kappa shape index (κ2) is 9.41. The Morgan fingerprint density at radius 2 is 1.93 bits per heavy atom. The molecule has 0 bridgehead atoms. The molecule has 1 aromatic carbocycles. The Hall–Kier alpha value is -2.54. The fourth-order valence-electron chi connectivity index (χ4n) is 3.25. The molecule has 0 spiro atoms. The van der Waals surface area contributed by atoms with Gasteiger partial charge in [0.15, 0.2) is 0 Å². The molecule has 1 N–H and O–H groups in total. The van der Waals surface area contributed by atoms with Gasteiger partial charge in [0.1, 0.15) is 5.82 Å². The average Bonchev–Trinajstić information content (AvgIpc) is 2.69. The number of carbonyl (C=O) groups excluding carboxylic acids is 1. The molecule has 1 aliphatic rings. The molecule has 2 heterocycles. The van der Waals surface area contributed by atoms with Gasteiger partial charge in [-0.25, -0.2) is 14.4 Å². The summed E-state index contributed by atoms with van der Waals surface area (Å²) in [6.45, 7) is 6.93. The second-order valence-electron chi connectivity index (χ2n) is 6.90. The van der Waals surface area contributed by atoms with Crippen LogP contribution in [0.3, 0.4) is 0 Å². The third-order valence-electron chi connectivity index (χ3n) is 4.81. The summed E-state index contributed by atoms with van der Waals surface area (Å²) >= 11 is 0. The lowest BCUT2D eigenvalue weighted by atomic mass is 10.0. The summed E-state index contributed by atoms with van der Waals surface area (Å²) in [7, 11) is 0. The number of hydrogen-bond acceptors (Lipinski definition) is 5. The number of anilines is 1. The standard InChI is InChI=1S/C20H26FN5O/c1-16(14-17-4-2-5-18(21)15-17)19(27)22-8-9-25-10-12-26(13-11-25)20-23-6-3-7-24-20/h2-7,15-16H,8-14H2,1H3,(H,22,27). The Balaban J connectivity index is 1.35. The molecular formula is C20H26FN5O. The molecule has 1 aromatic heterocycles. The van der Waals surface area contributed by atoms with E-state index in [1.165, 1.54) is 12.1 Å². The summed E-state index contributed by atoms with van der Waals surface area (Å²) in [5.74, 6) is 0.339. The largest absolute Gasteiger partial charge is 0.355 e. The summed E-state index contributed by atoms with van der Waals surface area (Å²) in [4.78, 5) is 25.3. The summed E-state index contributed by atoms with van der Waals surface area (Å²) in [6, 6.07) is 8.24. The van der Waals surface area contributed by atoms with Crippen LogP contribution >= 0.6 is 0 Å². The number of aromatic nitrogens is 2. The van der Waals surface area contributed by atoms with Crippen molar-refractivity contribution in [3.63, 3.8) is 0 Å². The van der Waals surface area contributed by atoms with E-state index in [2.05, 4.69) is 25.1 Å². The molecule has 7 heteroatoms. The zero-order valence-corrected chi connectivity index (χ0v) is 15.6. The maximum absolute atomic E-state index is 13.2. The fourth-order valence-corrected chi connectivity index (χ4v) is 3.25. The number of nitrogens with zero attached hydrogens (tertiary/aromatic N) is 4. The molecular weight excluding hydrogens is 345 g/mol. The smallest absolute Gasteiger partial charge is 0.225 e. The van der Waals surface area contributed by atoms with Crippen molar-refractivity contribution < 1.29 is 9.18 Å². The number of rotatable bonds is 7. The summed E-state index contributed by atoms with van der Waals surface area (Å²) in [5, 5.41) is 2.99. The van der Waals surface area contributed by atoms with Gasteiger partial charge >= 0.3 is 0 Å². The van der Waals surface area contributed by atoms with Crippen LogP contribution in [0, 0.1) is 11.7 Å². The summed E-state index contributed by atoms with van der Waals surface area (Å²) in [5.41, 5.74) is 0.844. The Bertz CT molecular complexity index is 734. The molecule has 1 atom stereocenters. The zero-order valence-electron chi connectivity index (χ0n) is 15.6. The highest BCUT2D eigenvalue weighted by molar-refractivity contribution is 5.78. The van der Waals surface area contributed by atoms with Crippen LogP contribution in [0.1, 0.15) is 12.5 Å². The van der Waals surface area contributed by atoms with Crippen LogP contribution in [0.2, 0.25) is 0 Å². The van der Waals surface area contributed by atoms with Gasteiger partial charge in [0.05, 0.1) is 0 Å². The van der Waals surface area contributed by atoms with Crippen molar-refractivity contribution in [2.45, 2.75) is 13.3 Å². The minimum atomic E-state index is -0.264. The van der Waals surface area contributed by atoms with Gasteiger partial charge < -0.3 is 10.2 Å². The predicted octanol–water partition coefficient (Wildman–Crippen LogP) is 1.73. The number of nitrogens with one attached hydrogen (secondary N) is 1. The van der Waals surface area contributed by atoms with Crippen molar-refractivity contribution in [3.8, 4) is 0 Å². The lowest BCUT2D eigenvalue weighted by Crippen LogP contribution is -2.49. The summed E-state index contributed by atoms with van der Waals surface area (Å²) in [6.07, 6.45) is 4.06. The number of piperazine rings is 1. The van der Waals surface area contributed by atoms with Gasteiger partial charge in [0, 0.05) is 57.6 Å². The Morgan fingerprint density at radius 3 is 2.63 bits per heavy atom. The van der Waals surface area contributed by atoms with Gasteiger partial charge in [-0.2, -0.15) is 0 Å². The molecule has 2 aromatic rings. The molecule has 1 fully saturated rings. The minimum Gasteiger partial charge on any atom is -0.355 e. The van der Waals surface area contributed by atoms with Crippen LogP contribution in [0.25, 0.3) is 0 Å². The van der Waals surface area contributed by atoms with Crippen LogP contribution < -0.4 is 10.2 Å². The molecule has 6 nitrogen and oxygen atoms in total. The molecule has 1 amide bonds. The fraction of sp³-hybridized carbons (Fsp3) is 0.450. The first-order valence-corrected chi connectivity index (χ1v) is 9.38. The monoisotopic (exact) mass is 371 g/mol. The van der Waals surface area contributed by atoms with E-state index in [1.54, 1.807) is 18.5 Å². The van der Waals surface area contributed by atoms with E-state index < -0.39 is 0 Å². The van der Waals surface area contributed by atoms with E-state index >= 15 is 0 Å². The maximum atomic E-state index is 13.2. The second-order valence-corrected chi connectivity index (χ2v) is 6.90. The van der Waals surface area contributed by atoms with Crippen molar-refractivity contribution in [2.24, 2.45) is 5.92 Å². The molecule has 1 saturated heterocycles. The highest BCUT2D eigenvalue weighted by atomic mass is 19.1. The van der Waals surface area contributed by atoms with Gasteiger partial charge in [0.25, 0.3) is 0 Å². The van der Waals surface area contributed by atoms with Gasteiger partial charge in [-0.3, -0.25) is 9.69 Å². The normalized spacial score (nSPS) is 16.1. The predicted molar refractivity (Wildman–Crippen MR) is 103 cm³/mol. The van der Waals surface area contributed by atoms with Crippen molar-refractivity contribution in [2.75, 3.05) is 44.2 Å². The highest BCUT2D eigenvalue weighted by Gasteiger charge is 2.19. The molecule has 0 saturated carbocycles. The van der Waals surface area contributed by atoms with E-state index in [9.17, 15) is 9.18 Å². The van der Waals surface area contributed by atoms with E-state index in [1.807, 2.05) is 19.1 Å². The van der Waals surface area contributed by atoms with E-state index in [-0.39, 0.29) is 17.6 Å². The molecule has 0 radical (unpaired) electrons. The van der Waals surface area contributed by atoms with E-state index in [0.29, 0.717) is 13.0 Å². The molecule has 3 rings (SSSR count). The number of benzene rings is 1. The van der Waals surface area contributed by atoms with Crippen LogP contribution in [0.4, 0.5) is 10.3 Å². The highest BCUT2D eigenvalue weighted by Crippen LogP contribution is 2.11. The number of hydrogen-bond donors (Lipinski definition) is 1.